The molecule has 7 heteroatoms. The van der Waals surface area contributed by atoms with Gasteiger partial charge in [-0.2, -0.15) is 0 Å². The molecule has 2 aromatic carbocycles. The minimum atomic E-state index is -0.306. The van der Waals surface area contributed by atoms with Crippen LogP contribution in [0.3, 0.4) is 0 Å². The van der Waals surface area contributed by atoms with Gasteiger partial charge in [0.1, 0.15) is 0 Å². The van der Waals surface area contributed by atoms with Crippen molar-refractivity contribution in [2.24, 2.45) is 0 Å². The number of rotatable bonds is 3. The highest BCUT2D eigenvalue weighted by molar-refractivity contribution is 9.10. The monoisotopic (exact) mass is 381 g/mol. The smallest absolute Gasteiger partial charge is 0.318 e. The second kappa shape index (κ2) is 7.29. The molecule has 0 atom stereocenters. The van der Waals surface area contributed by atoms with E-state index in [1.54, 1.807) is 42.5 Å². The van der Waals surface area contributed by atoms with Crippen LogP contribution in [0.2, 0.25) is 5.02 Å². The summed E-state index contributed by atoms with van der Waals surface area (Å²) in [4.78, 5) is 23.4. The molecule has 0 saturated heterocycles. The molecular weight excluding hydrogens is 370 g/mol. The van der Waals surface area contributed by atoms with E-state index in [4.69, 9.17) is 11.6 Å². The first-order valence-electron chi connectivity index (χ1n) is 6.35. The van der Waals surface area contributed by atoms with Crippen molar-refractivity contribution in [3.8, 4) is 0 Å². The first-order valence-corrected chi connectivity index (χ1v) is 7.52. The van der Waals surface area contributed by atoms with Crippen LogP contribution in [0, 0.1) is 0 Å². The van der Waals surface area contributed by atoms with Gasteiger partial charge in [-0.25, -0.2) is 4.79 Å². The molecule has 0 fully saturated rings. The van der Waals surface area contributed by atoms with Gasteiger partial charge in [0, 0.05) is 27.9 Å². The van der Waals surface area contributed by atoms with Crippen molar-refractivity contribution < 1.29 is 9.59 Å². The molecule has 0 aliphatic carbocycles. The number of anilines is 2. The summed E-state index contributed by atoms with van der Waals surface area (Å²) in [7, 11) is 1.53. The molecule has 3 N–H and O–H groups in total. The van der Waals surface area contributed by atoms with Crippen molar-refractivity contribution in [3.05, 3.63) is 57.5 Å². The van der Waals surface area contributed by atoms with E-state index in [1.807, 2.05) is 0 Å². The van der Waals surface area contributed by atoms with Gasteiger partial charge in [0.15, 0.2) is 0 Å². The maximum absolute atomic E-state index is 12.2. The molecule has 0 spiro atoms. The topological polar surface area (TPSA) is 70.2 Å². The van der Waals surface area contributed by atoms with Crippen LogP contribution in [0.15, 0.2) is 46.9 Å². The molecule has 0 heterocycles. The Morgan fingerprint density at radius 1 is 1.00 bits per heavy atom. The van der Waals surface area contributed by atoms with Crippen molar-refractivity contribution in [1.82, 2.24) is 5.32 Å². The lowest BCUT2D eigenvalue weighted by Gasteiger charge is -2.09. The Hall–Kier alpha value is -2.05. The van der Waals surface area contributed by atoms with Crippen LogP contribution in [0.25, 0.3) is 0 Å². The third kappa shape index (κ3) is 4.22. The highest BCUT2D eigenvalue weighted by atomic mass is 79.9. The number of hydrogen-bond acceptors (Lipinski definition) is 2. The zero-order valence-electron chi connectivity index (χ0n) is 11.6. The number of urea groups is 1. The van der Waals surface area contributed by atoms with Crippen molar-refractivity contribution >= 4 is 50.8 Å². The molecular formula is C15H13BrClN3O2. The van der Waals surface area contributed by atoms with Gasteiger partial charge in [0.2, 0.25) is 0 Å². The lowest BCUT2D eigenvalue weighted by atomic mass is 10.2. The zero-order chi connectivity index (χ0) is 16.1. The maximum atomic E-state index is 12.2. The van der Waals surface area contributed by atoms with Gasteiger partial charge in [-0.3, -0.25) is 4.79 Å². The average molecular weight is 383 g/mol. The summed E-state index contributed by atoms with van der Waals surface area (Å²) < 4.78 is 0.660. The standard InChI is InChI=1S/C15H13BrClN3O2/c1-18-15(22)20-11-5-3-10(4-6-11)19-14(21)12-8-9(17)2-7-13(12)16/h2-8H,1H3,(H,19,21)(H2,18,20,22). The molecule has 2 aromatic rings. The molecule has 0 aliphatic heterocycles. The van der Waals surface area contributed by atoms with Gasteiger partial charge in [0.05, 0.1) is 5.56 Å². The minimum Gasteiger partial charge on any atom is -0.341 e. The van der Waals surface area contributed by atoms with Gasteiger partial charge in [-0.05, 0) is 58.4 Å². The van der Waals surface area contributed by atoms with Crippen molar-refractivity contribution in [3.63, 3.8) is 0 Å². The number of carbonyl (C=O) groups is 2. The number of benzene rings is 2. The first-order chi connectivity index (χ1) is 10.5. The van der Waals surface area contributed by atoms with Crippen LogP contribution >= 0.6 is 27.5 Å². The maximum Gasteiger partial charge on any atom is 0.318 e. The number of halogens is 2. The fourth-order valence-electron chi connectivity index (χ4n) is 1.70. The SMILES string of the molecule is CNC(=O)Nc1ccc(NC(=O)c2cc(Cl)ccc2Br)cc1. The fourth-order valence-corrected chi connectivity index (χ4v) is 2.30. The second-order valence-corrected chi connectivity index (χ2v) is 5.65. The van der Waals surface area contributed by atoms with Crippen molar-refractivity contribution in [2.75, 3.05) is 17.7 Å². The summed E-state index contributed by atoms with van der Waals surface area (Å²) in [6.07, 6.45) is 0. The number of amides is 3. The summed E-state index contributed by atoms with van der Waals surface area (Å²) in [5.74, 6) is -0.276. The van der Waals surface area contributed by atoms with Crippen LogP contribution in [-0.2, 0) is 0 Å². The van der Waals surface area contributed by atoms with E-state index in [0.29, 0.717) is 26.4 Å². The van der Waals surface area contributed by atoms with E-state index < -0.39 is 0 Å². The largest absolute Gasteiger partial charge is 0.341 e. The van der Waals surface area contributed by atoms with E-state index >= 15 is 0 Å². The minimum absolute atomic E-state index is 0.276. The van der Waals surface area contributed by atoms with E-state index in [-0.39, 0.29) is 11.9 Å². The Bertz CT molecular complexity index is 704. The predicted molar refractivity (Wildman–Crippen MR) is 91.6 cm³/mol. The molecule has 5 nitrogen and oxygen atoms in total. The Labute approximate surface area is 141 Å². The van der Waals surface area contributed by atoms with Crippen molar-refractivity contribution in [1.29, 1.82) is 0 Å². The van der Waals surface area contributed by atoms with Gasteiger partial charge < -0.3 is 16.0 Å². The van der Waals surface area contributed by atoms with E-state index in [0.717, 1.165) is 0 Å². The quantitative estimate of drug-likeness (QED) is 0.748. The van der Waals surface area contributed by atoms with E-state index in [2.05, 4.69) is 31.9 Å². The molecule has 0 unspecified atom stereocenters. The van der Waals surface area contributed by atoms with Gasteiger partial charge in [-0.1, -0.05) is 11.6 Å². The Morgan fingerprint density at radius 2 is 1.59 bits per heavy atom. The zero-order valence-corrected chi connectivity index (χ0v) is 14.0. The van der Waals surface area contributed by atoms with Crippen LogP contribution in [0.1, 0.15) is 10.4 Å². The summed E-state index contributed by atoms with van der Waals surface area (Å²) in [6, 6.07) is 11.5. The van der Waals surface area contributed by atoms with Crippen LogP contribution in [0.5, 0.6) is 0 Å². The molecule has 2 rings (SSSR count). The predicted octanol–water partition coefficient (Wildman–Crippen LogP) is 4.11. The summed E-state index contributed by atoms with van der Waals surface area (Å²) in [6.45, 7) is 0. The van der Waals surface area contributed by atoms with Crippen LogP contribution < -0.4 is 16.0 Å². The second-order valence-electron chi connectivity index (χ2n) is 4.36. The van der Waals surface area contributed by atoms with E-state index in [9.17, 15) is 9.59 Å². The highest BCUT2D eigenvalue weighted by Crippen LogP contribution is 2.22. The van der Waals surface area contributed by atoms with Gasteiger partial charge in [-0.15, -0.1) is 0 Å². The third-order valence-electron chi connectivity index (χ3n) is 2.80. The Morgan fingerprint density at radius 3 is 2.18 bits per heavy atom. The van der Waals surface area contributed by atoms with Gasteiger partial charge >= 0.3 is 6.03 Å². The molecule has 114 valence electrons. The average Bonchev–Trinajstić information content (AvgIpc) is 2.51. The molecule has 0 aliphatic rings. The number of carbonyl (C=O) groups excluding carboxylic acids is 2. The van der Waals surface area contributed by atoms with Crippen molar-refractivity contribution in [2.45, 2.75) is 0 Å². The Kier molecular flexibility index (Phi) is 5.41. The summed E-state index contributed by atoms with van der Waals surface area (Å²) >= 11 is 9.22. The first kappa shape index (κ1) is 16.3. The lowest BCUT2D eigenvalue weighted by Crippen LogP contribution is -2.24. The van der Waals surface area contributed by atoms with Crippen LogP contribution in [0.4, 0.5) is 16.2 Å². The van der Waals surface area contributed by atoms with Gasteiger partial charge in [0.25, 0.3) is 5.91 Å². The molecule has 0 bridgehead atoms. The molecule has 0 aromatic heterocycles. The number of nitrogens with one attached hydrogen (secondary N) is 3. The molecule has 22 heavy (non-hydrogen) atoms. The highest BCUT2D eigenvalue weighted by Gasteiger charge is 2.11. The van der Waals surface area contributed by atoms with E-state index in [1.165, 1.54) is 7.05 Å². The third-order valence-corrected chi connectivity index (χ3v) is 3.73. The fraction of sp³-hybridized carbons (Fsp3) is 0.0667. The molecule has 3 amide bonds. The Balaban J connectivity index is 2.08. The summed E-state index contributed by atoms with van der Waals surface area (Å²) in [5, 5.41) is 8.34. The molecule has 0 radical (unpaired) electrons. The lowest BCUT2D eigenvalue weighted by molar-refractivity contribution is 0.102. The molecule has 0 saturated carbocycles. The van der Waals surface area contributed by atoms with Crippen LogP contribution in [-0.4, -0.2) is 19.0 Å². The normalized spacial score (nSPS) is 9.95. The summed E-state index contributed by atoms with van der Waals surface area (Å²) in [5.41, 5.74) is 1.68. The number of hydrogen-bond donors (Lipinski definition) is 3.